The Bertz CT molecular complexity index is 1230. The molecule has 0 saturated carbocycles. The first-order valence-electron chi connectivity index (χ1n) is 9.34. The Morgan fingerprint density at radius 2 is 1.62 bits per heavy atom. The van der Waals surface area contributed by atoms with Crippen LogP contribution in [0.4, 0.5) is 19.1 Å². The van der Waals surface area contributed by atoms with Gasteiger partial charge in [0, 0.05) is 28.3 Å². The molecule has 2 heterocycles. The smallest absolute Gasteiger partial charge is 0.430 e. The van der Waals surface area contributed by atoms with Gasteiger partial charge in [0.2, 0.25) is 5.95 Å². The molecule has 0 spiro atoms. The van der Waals surface area contributed by atoms with E-state index in [0.29, 0.717) is 5.65 Å². The van der Waals surface area contributed by atoms with Crippen molar-refractivity contribution < 1.29 is 28.8 Å². The van der Waals surface area contributed by atoms with Gasteiger partial charge in [0.1, 0.15) is 5.97 Å². The maximum Gasteiger partial charge on any atom is 0.430 e. The fourth-order valence-electron chi connectivity index (χ4n) is 2.86. The highest BCUT2D eigenvalue weighted by molar-refractivity contribution is 5.90. The maximum absolute atomic E-state index is 10.5. The summed E-state index contributed by atoms with van der Waals surface area (Å²) in [6, 6.07) is 20.6. The normalized spacial score (nSPS) is 11.0. The number of nitrogen functional groups attached to an aromatic ring is 1. The van der Waals surface area contributed by atoms with Crippen molar-refractivity contribution in [2.24, 2.45) is 0 Å². The lowest BCUT2D eigenvalue weighted by Gasteiger charge is -2.11. The SMILES string of the molecule is Nc1ncc2cc(-c3ccccc3)c(-c3ccc(C[NH3+])cc3)nc2n1.O=C([O-])C(F)(F)F. The molecule has 0 radical (unpaired) electrons. The minimum atomic E-state index is -5.19. The first kappa shape index (κ1) is 22.6. The molecule has 4 aromatic rings. The van der Waals surface area contributed by atoms with Crippen LogP contribution in [0.5, 0.6) is 0 Å². The number of carbonyl (C=O) groups excluding carboxylic acids is 1. The third-order valence-electron chi connectivity index (χ3n) is 4.42. The van der Waals surface area contributed by atoms with Gasteiger partial charge >= 0.3 is 6.18 Å². The molecule has 2 aromatic carbocycles. The number of alkyl halides is 3. The molecule has 7 nitrogen and oxygen atoms in total. The maximum atomic E-state index is 10.5. The molecule has 32 heavy (non-hydrogen) atoms. The number of anilines is 1. The van der Waals surface area contributed by atoms with Gasteiger partial charge in [-0.15, -0.1) is 0 Å². The number of pyridine rings is 1. The van der Waals surface area contributed by atoms with Crippen molar-refractivity contribution in [1.29, 1.82) is 0 Å². The summed E-state index contributed by atoms with van der Waals surface area (Å²) >= 11 is 0. The van der Waals surface area contributed by atoms with E-state index in [2.05, 4.69) is 58.2 Å². The fourth-order valence-corrected chi connectivity index (χ4v) is 2.86. The van der Waals surface area contributed by atoms with Gasteiger partial charge in [0.15, 0.2) is 5.65 Å². The van der Waals surface area contributed by atoms with E-state index in [1.165, 1.54) is 5.56 Å². The molecule has 0 aliphatic rings. The predicted octanol–water partition coefficient (Wildman–Crippen LogP) is 1.98. The van der Waals surface area contributed by atoms with E-state index in [1.807, 2.05) is 18.2 Å². The van der Waals surface area contributed by atoms with Crippen LogP contribution >= 0.6 is 0 Å². The zero-order valence-corrected chi connectivity index (χ0v) is 16.6. The van der Waals surface area contributed by atoms with Crippen molar-refractivity contribution >= 4 is 23.0 Å². The lowest BCUT2D eigenvalue weighted by molar-refractivity contribution is -0.386. The average molecular weight is 441 g/mol. The third kappa shape index (κ3) is 5.35. The number of carboxylic acids is 1. The standard InChI is InChI=1S/C20H17N5.C2HF3O2/c21-11-13-6-8-15(9-7-13)18-17(14-4-2-1-3-5-14)10-16-12-23-20(22)25-19(16)24-18;3-2(4,5)1(6)7/h1-10,12H,11,21H2,(H2,22,23,24,25);(H,6,7). The van der Waals surface area contributed by atoms with Gasteiger partial charge in [-0.05, 0) is 11.6 Å². The van der Waals surface area contributed by atoms with Crippen molar-refractivity contribution in [3.8, 4) is 22.4 Å². The van der Waals surface area contributed by atoms with Crippen LogP contribution < -0.4 is 16.6 Å². The lowest BCUT2D eigenvalue weighted by Crippen LogP contribution is -2.47. The summed E-state index contributed by atoms with van der Waals surface area (Å²) in [4.78, 5) is 21.9. The van der Waals surface area contributed by atoms with Crippen molar-refractivity contribution in [1.82, 2.24) is 15.0 Å². The minimum Gasteiger partial charge on any atom is -0.542 e. The van der Waals surface area contributed by atoms with Crippen LogP contribution in [0.15, 0.2) is 66.9 Å². The van der Waals surface area contributed by atoms with Crippen LogP contribution in [0.3, 0.4) is 0 Å². The molecule has 5 N–H and O–H groups in total. The molecule has 0 bridgehead atoms. The second-order valence-electron chi connectivity index (χ2n) is 6.62. The zero-order valence-electron chi connectivity index (χ0n) is 16.6. The number of benzene rings is 2. The first-order chi connectivity index (χ1) is 15.2. The molecule has 0 saturated heterocycles. The fraction of sp³-hybridized carbons (Fsp3) is 0.0909. The Morgan fingerprint density at radius 1 is 1.00 bits per heavy atom. The highest BCUT2D eigenvalue weighted by Gasteiger charge is 2.28. The van der Waals surface area contributed by atoms with E-state index < -0.39 is 12.1 Å². The molecular formula is C22H18F3N5O2. The summed E-state index contributed by atoms with van der Waals surface area (Å²) in [5.41, 5.74) is 15.5. The molecule has 0 atom stereocenters. The summed E-state index contributed by atoms with van der Waals surface area (Å²) in [5.74, 6) is -2.78. The number of aromatic nitrogens is 3. The molecule has 0 amide bonds. The monoisotopic (exact) mass is 441 g/mol. The first-order valence-corrected chi connectivity index (χ1v) is 9.34. The van der Waals surface area contributed by atoms with Crippen LogP contribution in [-0.4, -0.2) is 27.1 Å². The van der Waals surface area contributed by atoms with Crippen LogP contribution in [0, 0.1) is 0 Å². The Labute approximate surface area is 180 Å². The summed E-state index contributed by atoms with van der Waals surface area (Å²) in [7, 11) is 0. The van der Waals surface area contributed by atoms with Gasteiger partial charge in [0.05, 0.1) is 12.2 Å². The third-order valence-corrected chi connectivity index (χ3v) is 4.42. The van der Waals surface area contributed by atoms with E-state index in [1.54, 1.807) is 6.20 Å². The zero-order chi connectivity index (χ0) is 23.3. The predicted molar refractivity (Wildman–Crippen MR) is 110 cm³/mol. The minimum absolute atomic E-state index is 0.228. The van der Waals surface area contributed by atoms with Crippen LogP contribution in [0.1, 0.15) is 5.56 Å². The molecule has 0 fully saturated rings. The summed E-state index contributed by atoms with van der Waals surface area (Å²) < 4.78 is 31.5. The molecule has 2 aromatic heterocycles. The average Bonchev–Trinajstić information content (AvgIpc) is 2.78. The van der Waals surface area contributed by atoms with Crippen molar-refractivity contribution in [3.63, 3.8) is 0 Å². The van der Waals surface area contributed by atoms with Crippen LogP contribution in [0.2, 0.25) is 0 Å². The highest BCUT2D eigenvalue weighted by Crippen LogP contribution is 2.33. The Balaban J connectivity index is 0.000000360. The number of rotatable bonds is 3. The number of aliphatic carboxylic acids is 1. The summed E-state index contributed by atoms with van der Waals surface area (Å²) in [5, 5.41) is 9.65. The second-order valence-corrected chi connectivity index (χ2v) is 6.62. The summed E-state index contributed by atoms with van der Waals surface area (Å²) in [6.07, 6.45) is -3.48. The second kappa shape index (κ2) is 9.40. The number of quaternary nitrogens is 1. The van der Waals surface area contributed by atoms with Crippen molar-refractivity contribution in [2.75, 3.05) is 5.73 Å². The summed E-state index contributed by atoms with van der Waals surface area (Å²) in [6.45, 7) is 0.765. The van der Waals surface area contributed by atoms with Gasteiger partial charge in [-0.25, -0.2) is 9.97 Å². The Morgan fingerprint density at radius 3 is 2.19 bits per heavy atom. The molecular weight excluding hydrogens is 423 g/mol. The topological polar surface area (TPSA) is 132 Å². The molecule has 164 valence electrons. The lowest BCUT2D eigenvalue weighted by atomic mass is 9.98. The van der Waals surface area contributed by atoms with Crippen LogP contribution in [0.25, 0.3) is 33.4 Å². The number of nitrogens with two attached hydrogens (primary N) is 1. The van der Waals surface area contributed by atoms with Gasteiger partial charge < -0.3 is 21.4 Å². The number of fused-ring (bicyclic) bond motifs is 1. The molecule has 0 aliphatic heterocycles. The van der Waals surface area contributed by atoms with E-state index in [9.17, 15) is 13.2 Å². The molecule has 10 heteroatoms. The van der Waals surface area contributed by atoms with E-state index >= 15 is 0 Å². The number of carbonyl (C=O) groups is 1. The molecule has 0 unspecified atom stereocenters. The van der Waals surface area contributed by atoms with Crippen LogP contribution in [-0.2, 0) is 11.3 Å². The van der Waals surface area contributed by atoms with Gasteiger partial charge in [-0.2, -0.15) is 18.2 Å². The number of carboxylic acid groups (broad SMARTS) is 1. The number of hydrogen-bond acceptors (Lipinski definition) is 6. The molecule has 4 rings (SSSR count). The number of halogens is 3. The van der Waals surface area contributed by atoms with Gasteiger partial charge in [0.25, 0.3) is 0 Å². The Kier molecular flexibility index (Phi) is 6.64. The number of nitrogens with zero attached hydrogens (tertiary/aromatic N) is 3. The Hall–Kier alpha value is -4.05. The van der Waals surface area contributed by atoms with Crippen molar-refractivity contribution in [3.05, 3.63) is 72.4 Å². The largest absolute Gasteiger partial charge is 0.542 e. The van der Waals surface area contributed by atoms with Gasteiger partial charge in [-0.1, -0.05) is 54.6 Å². The number of hydrogen-bond donors (Lipinski definition) is 2. The van der Waals surface area contributed by atoms with Crippen molar-refractivity contribution in [2.45, 2.75) is 12.7 Å². The molecule has 0 aliphatic carbocycles. The highest BCUT2D eigenvalue weighted by atomic mass is 19.4. The van der Waals surface area contributed by atoms with E-state index in [4.69, 9.17) is 20.6 Å². The van der Waals surface area contributed by atoms with E-state index in [-0.39, 0.29) is 5.95 Å². The van der Waals surface area contributed by atoms with E-state index in [0.717, 1.165) is 34.3 Å². The van der Waals surface area contributed by atoms with Gasteiger partial charge in [-0.3, -0.25) is 0 Å². The quantitative estimate of drug-likeness (QED) is 0.500.